The summed E-state index contributed by atoms with van der Waals surface area (Å²) in [6, 6.07) is 2.45. The van der Waals surface area contributed by atoms with Gasteiger partial charge in [0.2, 0.25) is 0 Å². The van der Waals surface area contributed by atoms with E-state index in [0.717, 1.165) is 19.3 Å². The fraction of sp³-hybridized carbons (Fsp3) is 0.571. The first kappa shape index (κ1) is 13.4. The van der Waals surface area contributed by atoms with E-state index in [-0.39, 0.29) is 12.2 Å². The molecule has 0 aliphatic heterocycles. The molecule has 1 aromatic rings. The van der Waals surface area contributed by atoms with Crippen LogP contribution >= 0.6 is 0 Å². The van der Waals surface area contributed by atoms with Gasteiger partial charge >= 0.3 is 0 Å². The molecule has 4 heteroatoms. The first-order chi connectivity index (χ1) is 8.57. The van der Waals surface area contributed by atoms with Gasteiger partial charge in [-0.05, 0) is 25.0 Å². The van der Waals surface area contributed by atoms with Crippen LogP contribution in [0.4, 0.5) is 8.78 Å². The van der Waals surface area contributed by atoms with Gasteiger partial charge in [-0.3, -0.25) is 0 Å². The Bertz CT molecular complexity index is 428. The Morgan fingerprint density at radius 3 is 2.44 bits per heavy atom. The van der Waals surface area contributed by atoms with Crippen LogP contribution in [0, 0.1) is 11.6 Å². The smallest absolute Gasteiger partial charge is 0.129 e. The zero-order valence-corrected chi connectivity index (χ0v) is 10.6. The van der Waals surface area contributed by atoms with Gasteiger partial charge in [0.1, 0.15) is 11.6 Å². The van der Waals surface area contributed by atoms with Gasteiger partial charge in [-0.25, -0.2) is 8.78 Å². The van der Waals surface area contributed by atoms with E-state index in [4.69, 9.17) is 10.5 Å². The lowest BCUT2D eigenvalue weighted by molar-refractivity contribution is 0.180. The minimum atomic E-state index is -0.714. The fourth-order valence-corrected chi connectivity index (χ4v) is 2.69. The third kappa shape index (κ3) is 2.54. The molecule has 0 saturated heterocycles. The molecule has 2 N–H and O–H groups in total. The van der Waals surface area contributed by atoms with E-state index in [1.165, 1.54) is 19.2 Å². The minimum absolute atomic E-state index is 0.0700. The number of ether oxygens (including phenoxy) is 1. The van der Waals surface area contributed by atoms with Gasteiger partial charge in [-0.15, -0.1) is 0 Å². The molecule has 0 unspecified atom stereocenters. The fourth-order valence-electron chi connectivity index (χ4n) is 2.69. The summed E-state index contributed by atoms with van der Waals surface area (Å²) < 4.78 is 32.8. The van der Waals surface area contributed by atoms with Crippen LogP contribution < -0.4 is 5.73 Å². The molecule has 0 heterocycles. The summed E-state index contributed by atoms with van der Waals surface area (Å²) in [5.74, 6) is -0.864. The van der Waals surface area contributed by atoms with Crippen LogP contribution in [0.5, 0.6) is 0 Å². The molecule has 0 amide bonds. The predicted octanol–water partition coefficient (Wildman–Crippen LogP) is 3.23. The van der Waals surface area contributed by atoms with Crippen molar-refractivity contribution >= 4 is 0 Å². The van der Waals surface area contributed by atoms with Gasteiger partial charge in [-0.1, -0.05) is 19.3 Å². The van der Waals surface area contributed by atoms with Crippen LogP contribution in [0.15, 0.2) is 12.1 Å². The van der Waals surface area contributed by atoms with E-state index in [9.17, 15) is 8.78 Å². The van der Waals surface area contributed by atoms with E-state index >= 15 is 0 Å². The van der Waals surface area contributed by atoms with Crippen molar-refractivity contribution in [2.24, 2.45) is 5.73 Å². The SMILES string of the molecule is COCc1cc(F)c(C2(N)CCCCC2)cc1F. The number of benzene rings is 1. The summed E-state index contributed by atoms with van der Waals surface area (Å²) in [6.07, 6.45) is 4.49. The predicted molar refractivity (Wildman–Crippen MR) is 66.0 cm³/mol. The summed E-state index contributed by atoms with van der Waals surface area (Å²) >= 11 is 0. The highest BCUT2D eigenvalue weighted by molar-refractivity contribution is 5.31. The molecule has 1 saturated carbocycles. The van der Waals surface area contributed by atoms with E-state index in [1.807, 2.05) is 0 Å². The highest BCUT2D eigenvalue weighted by Gasteiger charge is 2.32. The molecule has 0 radical (unpaired) electrons. The summed E-state index contributed by atoms with van der Waals surface area (Å²) in [5, 5.41) is 0. The number of methoxy groups -OCH3 is 1. The quantitative estimate of drug-likeness (QED) is 0.900. The van der Waals surface area contributed by atoms with Crippen molar-refractivity contribution < 1.29 is 13.5 Å². The van der Waals surface area contributed by atoms with Crippen LogP contribution in [0.1, 0.15) is 43.2 Å². The summed E-state index contributed by atoms with van der Waals surface area (Å²) in [5.41, 5.74) is 6.06. The van der Waals surface area contributed by atoms with E-state index in [1.54, 1.807) is 0 Å². The zero-order chi connectivity index (χ0) is 13.2. The molecule has 100 valence electrons. The molecular formula is C14H19F2NO. The first-order valence-corrected chi connectivity index (χ1v) is 6.33. The number of halogens is 2. The maximum Gasteiger partial charge on any atom is 0.129 e. The number of hydrogen-bond acceptors (Lipinski definition) is 2. The standard InChI is InChI=1S/C14H19F2NO/c1-18-9-10-7-13(16)11(8-12(10)15)14(17)5-3-2-4-6-14/h7-8H,2-6,9,17H2,1H3. The van der Waals surface area contributed by atoms with Crippen LogP contribution in [0.3, 0.4) is 0 Å². The van der Waals surface area contributed by atoms with Crippen molar-refractivity contribution in [1.29, 1.82) is 0 Å². The number of rotatable bonds is 3. The minimum Gasteiger partial charge on any atom is -0.380 e. The Balaban J connectivity index is 2.36. The highest BCUT2D eigenvalue weighted by Crippen LogP contribution is 2.36. The Labute approximate surface area is 106 Å². The third-order valence-corrected chi connectivity index (χ3v) is 3.72. The van der Waals surface area contributed by atoms with Crippen molar-refractivity contribution in [3.8, 4) is 0 Å². The Morgan fingerprint density at radius 1 is 1.17 bits per heavy atom. The number of nitrogens with two attached hydrogens (primary N) is 1. The van der Waals surface area contributed by atoms with Crippen molar-refractivity contribution in [3.05, 3.63) is 34.9 Å². The topological polar surface area (TPSA) is 35.2 Å². The lowest BCUT2D eigenvalue weighted by atomic mass is 9.77. The van der Waals surface area contributed by atoms with E-state index in [2.05, 4.69) is 0 Å². The summed E-state index contributed by atoms with van der Waals surface area (Å²) in [7, 11) is 1.46. The zero-order valence-electron chi connectivity index (χ0n) is 10.6. The van der Waals surface area contributed by atoms with Crippen molar-refractivity contribution in [2.45, 2.75) is 44.2 Å². The molecule has 0 bridgehead atoms. The van der Waals surface area contributed by atoms with Gasteiger partial charge in [0.25, 0.3) is 0 Å². The summed E-state index contributed by atoms with van der Waals surface area (Å²) in [6.45, 7) is 0.0700. The van der Waals surface area contributed by atoms with E-state index in [0.29, 0.717) is 18.4 Å². The number of hydrogen-bond donors (Lipinski definition) is 1. The molecule has 18 heavy (non-hydrogen) atoms. The maximum atomic E-state index is 14.1. The second-order valence-electron chi connectivity index (χ2n) is 5.07. The normalized spacial score (nSPS) is 18.9. The summed E-state index contributed by atoms with van der Waals surface area (Å²) in [4.78, 5) is 0. The molecule has 1 aromatic carbocycles. The lowest BCUT2D eigenvalue weighted by Gasteiger charge is -2.34. The molecule has 2 nitrogen and oxygen atoms in total. The largest absolute Gasteiger partial charge is 0.380 e. The maximum absolute atomic E-state index is 14.1. The molecule has 0 atom stereocenters. The van der Waals surface area contributed by atoms with Gasteiger partial charge in [0.05, 0.1) is 6.61 Å². The molecule has 0 spiro atoms. The Kier molecular flexibility index (Phi) is 3.97. The Morgan fingerprint density at radius 2 is 1.83 bits per heavy atom. The highest BCUT2D eigenvalue weighted by atomic mass is 19.1. The monoisotopic (exact) mass is 255 g/mol. The van der Waals surface area contributed by atoms with Crippen LogP contribution in [0.2, 0.25) is 0 Å². The van der Waals surface area contributed by atoms with Crippen molar-refractivity contribution in [1.82, 2.24) is 0 Å². The van der Waals surface area contributed by atoms with Gasteiger partial charge < -0.3 is 10.5 Å². The van der Waals surface area contributed by atoms with Crippen LogP contribution in [-0.4, -0.2) is 7.11 Å². The molecule has 1 aliphatic carbocycles. The molecular weight excluding hydrogens is 236 g/mol. The molecule has 1 aliphatic rings. The first-order valence-electron chi connectivity index (χ1n) is 6.33. The van der Waals surface area contributed by atoms with Crippen LogP contribution in [0.25, 0.3) is 0 Å². The van der Waals surface area contributed by atoms with Gasteiger partial charge in [-0.2, -0.15) is 0 Å². The second kappa shape index (κ2) is 5.33. The van der Waals surface area contributed by atoms with Crippen molar-refractivity contribution in [2.75, 3.05) is 7.11 Å². The van der Waals surface area contributed by atoms with Gasteiger partial charge in [0.15, 0.2) is 0 Å². The van der Waals surface area contributed by atoms with Crippen LogP contribution in [-0.2, 0) is 16.9 Å². The average Bonchev–Trinajstić information content (AvgIpc) is 2.34. The average molecular weight is 255 g/mol. The Hall–Kier alpha value is -1.00. The van der Waals surface area contributed by atoms with E-state index < -0.39 is 17.2 Å². The third-order valence-electron chi connectivity index (χ3n) is 3.72. The second-order valence-corrected chi connectivity index (χ2v) is 5.07. The molecule has 0 aromatic heterocycles. The lowest BCUT2D eigenvalue weighted by Crippen LogP contribution is -2.39. The van der Waals surface area contributed by atoms with Crippen molar-refractivity contribution in [3.63, 3.8) is 0 Å². The molecule has 2 rings (SSSR count). The van der Waals surface area contributed by atoms with Gasteiger partial charge in [0, 0.05) is 23.8 Å². The molecule has 1 fully saturated rings.